The summed E-state index contributed by atoms with van der Waals surface area (Å²) in [5.41, 5.74) is 0.372. The van der Waals surface area contributed by atoms with Crippen molar-refractivity contribution in [2.45, 2.75) is 24.7 Å². The number of carboxylic acids is 1. The number of phenols is 1. The Labute approximate surface area is 107 Å². The van der Waals surface area contributed by atoms with Gasteiger partial charge < -0.3 is 14.9 Å². The van der Waals surface area contributed by atoms with Crippen molar-refractivity contribution in [2.24, 2.45) is 0 Å². The molecule has 5 heteroatoms. The summed E-state index contributed by atoms with van der Waals surface area (Å²) in [6.07, 6.45) is 1.67. The Balaban J connectivity index is 2.51. The van der Waals surface area contributed by atoms with Crippen LogP contribution in [0, 0.1) is 0 Å². The fourth-order valence-corrected chi connectivity index (χ4v) is 2.94. The van der Waals surface area contributed by atoms with Gasteiger partial charge in [-0.1, -0.05) is 15.9 Å². The number of hydrogen-bond acceptors (Lipinski definition) is 3. The number of rotatable bonds is 4. The number of aliphatic carboxylic acids is 1. The minimum absolute atomic E-state index is 0.0439. The Morgan fingerprint density at radius 2 is 2.18 bits per heavy atom. The lowest BCUT2D eigenvalue weighted by Gasteiger charge is -2.19. The summed E-state index contributed by atoms with van der Waals surface area (Å²) in [6.45, 7) is 0. The van der Waals surface area contributed by atoms with Gasteiger partial charge in [0, 0.05) is 15.5 Å². The second-order valence-corrected chi connectivity index (χ2v) is 5.18. The molecule has 0 aromatic heterocycles. The van der Waals surface area contributed by atoms with Crippen molar-refractivity contribution in [3.8, 4) is 11.5 Å². The molecule has 0 atom stereocenters. The second kappa shape index (κ2) is 4.22. The standard InChI is InChI=1S/C12H13BrO4/c1-17-11-8(14)3-2-7(13)10(11)12(4-5-12)6-9(15)16/h2-3,14H,4-6H2,1H3,(H,15,16). The predicted molar refractivity (Wildman–Crippen MR) is 65.5 cm³/mol. The van der Waals surface area contributed by atoms with Crippen molar-refractivity contribution in [1.82, 2.24) is 0 Å². The summed E-state index contributed by atoms with van der Waals surface area (Å²) in [5, 5.41) is 18.7. The van der Waals surface area contributed by atoms with Crippen LogP contribution in [-0.2, 0) is 10.2 Å². The summed E-state index contributed by atoms with van der Waals surface area (Å²) < 4.78 is 5.98. The lowest BCUT2D eigenvalue weighted by atomic mass is 9.91. The summed E-state index contributed by atoms with van der Waals surface area (Å²) in [7, 11) is 1.47. The summed E-state index contributed by atoms with van der Waals surface area (Å²) in [5.74, 6) is -0.416. The van der Waals surface area contributed by atoms with E-state index in [1.165, 1.54) is 13.2 Å². The maximum atomic E-state index is 10.9. The molecule has 1 saturated carbocycles. The first-order valence-corrected chi connectivity index (χ1v) is 6.07. The van der Waals surface area contributed by atoms with Gasteiger partial charge in [0.25, 0.3) is 0 Å². The number of phenolic OH excluding ortho intramolecular Hbond substituents is 1. The van der Waals surface area contributed by atoms with Crippen LogP contribution in [0.1, 0.15) is 24.8 Å². The number of aromatic hydroxyl groups is 1. The van der Waals surface area contributed by atoms with Gasteiger partial charge in [0.15, 0.2) is 11.5 Å². The number of ether oxygens (including phenoxy) is 1. The second-order valence-electron chi connectivity index (χ2n) is 4.33. The number of benzene rings is 1. The highest BCUT2D eigenvalue weighted by atomic mass is 79.9. The Bertz CT molecular complexity index is 466. The normalized spacial score (nSPS) is 16.6. The Morgan fingerprint density at radius 3 is 2.65 bits per heavy atom. The predicted octanol–water partition coefficient (Wildman–Crippen LogP) is 2.67. The number of hydrogen-bond donors (Lipinski definition) is 2. The Morgan fingerprint density at radius 1 is 1.53 bits per heavy atom. The minimum atomic E-state index is -0.834. The zero-order valence-corrected chi connectivity index (χ0v) is 11.0. The minimum Gasteiger partial charge on any atom is -0.504 e. The maximum Gasteiger partial charge on any atom is 0.304 e. The van der Waals surface area contributed by atoms with Gasteiger partial charge in [-0.2, -0.15) is 0 Å². The van der Waals surface area contributed by atoms with Gasteiger partial charge in [0.2, 0.25) is 0 Å². The highest BCUT2D eigenvalue weighted by Crippen LogP contribution is 2.57. The molecule has 17 heavy (non-hydrogen) atoms. The van der Waals surface area contributed by atoms with Crippen molar-refractivity contribution in [3.05, 3.63) is 22.2 Å². The fourth-order valence-electron chi connectivity index (χ4n) is 2.20. The van der Waals surface area contributed by atoms with Crippen LogP contribution >= 0.6 is 15.9 Å². The molecule has 0 bridgehead atoms. The third kappa shape index (κ3) is 2.11. The quantitative estimate of drug-likeness (QED) is 0.897. The van der Waals surface area contributed by atoms with Crippen LogP contribution < -0.4 is 4.74 Å². The molecule has 0 unspecified atom stereocenters. The Hall–Kier alpha value is -1.23. The highest BCUT2D eigenvalue weighted by molar-refractivity contribution is 9.10. The van der Waals surface area contributed by atoms with E-state index in [0.717, 1.165) is 22.9 Å². The number of methoxy groups -OCH3 is 1. The molecule has 0 aliphatic heterocycles. The first kappa shape index (κ1) is 12.2. The molecule has 1 aliphatic rings. The zero-order valence-electron chi connectivity index (χ0n) is 9.36. The average molecular weight is 301 g/mol. The summed E-state index contributed by atoms with van der Waals surface area (Å²) in [4.78, 5) is 10.9. The van der Waals surface area contributed by atoms with E-state index in [0.29, 0.717) is 5.75 Å². The molecule has 1 aromatic carbocycles. The lowest BCUT2D eigenvalue weighted by Crippen LogP contribution is -2.15. The van der Waals surface area contributed by atoms with Crippen LogP contribution in [0.15, 0.2) is 16.6 Å². The van der Waals surface area contributed by atoms with Crippen LogP contribution in [0.2, 0.25) is 0 Å². The molecule has 1 aromatic rings. The molecular formula is C12H13BrO4. The number of carbonyl (C=O) groups is 1. The Kier molecular flexibility index (Phi) is 3.03. The first-order valence-electron chi connectivity index (χ1n) is 5.28. The molecule has 1 aliphatic carbocycles. The number of carboxylic acid groups (broad SMARTS) is 1. The molecule has 92 valence electrons. The van der Waals surface area contributed by atoms with Gasteiger partial charge in [-0.25, -0.2) is 0 Å². The SMILES string of the molecule is COc1c(O)ccc(Br)c1C1(CC(=O)O)CC1. The largest absolute Gasteiger partial charge is 0.504 e. The van der Waals surface area contributed by atoms with Gasteiger partial charge in [-0.3, -0.25) is 4.79 Å². The van der Waals surface area contributed by atoms with E-state index >= 15 is 0 Å². The van der Waals surface area contributed by atoms with Crippen molar-refractivity contribution >= 4 is 21.9 Å². The lowest BCUT2D eigenvalue weighted by molar-refractivity contribution is -0.137. The van der Waals surface area contributed by atoms with Crippen molar-refractivity contribution < 1.29 is 19.7 Å². The molecule has 0 radical (unpaired) electrons. The van der Waals surface area contributed by atoms with E-state index < -0.39 is 11.4 Å². The number of halogens is 1. The summed E-state index contributed by atoms with van der Waals surface area (Å²) >= 11 is 3.40. The van der Waals surface area contributed by atoms with Crippen LogP contribution in [0.3, 0.4) is 0 Å². The third-order valence-electron chi connectivity index (χ3n) is 3.16. The average Bonchev–Trinajstić information content (AvgIpc) is 3.00. The van der Waals surface area contributed by atoms with Gasteiger partial charge in [0.1, 0.15) is 0 Å². The first-order chi connectivity index (χ1) is 8.00. The smallest absolute Gasteiger partial charge is 0.304 e. The molecule has 0 saturated heterocycles. The highest BCUT2D eigenvalue weighted by Gasteiger charge is 2.49. The van der Waals surface area contributed by atoms with E-state index in [2.05, 4.69) is 15.9 Å². The van der Waals surface area contributed by atoms with Gasteiger partial charge in [-0.05, 0) is 25.0 Å². The van der Waals surface area contributed by atoms with Crippen LogP contribution in [0.5, 0.6) is 11.5 Å². The van der Waals surface area contributed by atoms with Crippen molar-refractivity contribution in [2.75, 3.05) is 7.11 Å². The van der Waals surface area contributed by atoms with Gasteiger partial charge >= 0.3 is 5.97 Å². The molecule has 0 amide bonds. The maximum absolute atomic E-state index is 10.9. The fraction of sp³-hybridized carbons (Fsp3) is 0.417. The molecule has 2 rings (SSSR count). The van der Waals surface area contributed by atoms with Crippen LogP contribution in [0.25, 0.3) is 0 Å². The summed E-state index contributed by atoms with van der Waals surface area (Å²) in [6, 6.07) is 3.25. The van der Waals surface area contributed by atoms with Crippen LogP contribution in [0.4, 0.5) is 0 Å². The molecular weight excluding hydrogens is 288 g/mol. The van der Waals surface area contributed by atoms with E-state index in [-0.39, 0.29) is 12.2 Å². The van der Waals surface area contributed by atoms with Crippen molar-refractivity contribution in [3.63, 3.8) is 0 Å². The third-order valence-corrected chi connectivity index (χ3v) is 3.82. The molecule has 1 fully saturated rings. The molecule has 2 N–H and O–H groups in total. The monoisotopic (exact) mass is 300 g/mol. The van der Waals surface area contributed by atoms with E-state index in [1.54, 1.807) is 6.07 Å². The van der Waals surface area contributed by atoms with Gasteiger partial charge in [0.05, 0.1) is 13.5 Å². The van der Waals surface area contributed by atoms with E-state index in [1.807, 2.05) is 0 Å². The van der Waals surface area contributed by atoms with E-state index in [9.17, 15) is 9.90 Å². The topological polar surface area (TPSA) is 66.8 Å². The molecule has 4 nitrogen and oxygen atoms in total. The zero-order chi connectivity index (χ0) is 12.6. The van der Waals surface area contributed by atoms with Crippen molar-refractivity contribution in [1.29, 1.82) is 0 Å². The molecule has 0 heterocycles. The van der Waals surface area contributed by atoms with E-state index in [4.69, 9.17) is 9.84 Å². The van der Waals surface area contributed by atoms with Gasteiger partial charge in [-0.15, -0.1) is 0 Å². The molecule has 0 spiro atoms. The van der Waals surface area contributed by atoms with Crippen LogP contribution in [-0.4, -0.2) is 23.3 Å².